The Balaban J connectivity index is 1.57. The van der Waals surface area contributed by atoms with Crippen LogP contribution in [0.3, 0.4) is 0 Å². The van der Waals surface area contributed by atoms with Crippen molar-refractivity contribution in [1.82, 2.24) is 4.90 Å². The monoisotopic (exact) mass is 572 g/mol. The Labute approximate surface area is 240 Å². The number of phenols is 6. The van der Waals surface area contributed by atoms with Gasteiger partial charge >= 0.3 is 0 Å². The molecule has 2 amide bonds. The molecule has 0 aliphatic heterocycles. The zero-order valence-corrected chi connectivity index (χ0v) is 23.2. The molecule has 0 heterocycles. The molecule has 4 aromatic rings. The molecular weight excluding hydrogens is 540 g/mol. The highest BCUT2D eigenvalue weighted by Gasteiger charge is 2.35. The molecule has 218 valence electrons. The first-order valence-electron chi connectivity index (χ1n) is 13.9. The summed E-state index contributed by atoms with van der Waals surface area (Å²) in [5.74, 6) is -3.84. The highest BCUT2D eigenvalue weighted by atomic mass is 16.3. The van der Waals surface area contributed by atoms with Gasteiger partial charge in [-0.2, -0.15) is 0 Å². The summed E-state index contributed by atoms with van der Waals surface area (Å²) in [6.45, 7) is 4.43. The minimum atomic E-state index is -1.01. The van der Waals surface area contributed by atoms with Crippen LogP contribution in [0.15, 0.2) is 24.3 Å². The second-order valence-corrected chi connectivity index (χ2v) is 11.7. The summed E-state index contributed by atoms with van der Waals surface area (Å²) in [4.78, 5) is 27.7. The number of primary amides is 1. The molecule has 10 heteroatoms. The third kappa shape index (κ3) is 4.34. The van der Waals surface area contributed by atoms with Crippen LogP contribution >= 0.6 is 0 Å². The summed E-state index contributed by atoms with van der Waals surface area (Å²) < 4.78 is 0. The van der Waals surface area contributed by atoms with Crippen molar-refractivity contribution in [3.8, 4) is 45.6 Å². The number of nitrogens with two attached hydrogens (primary N) is 1. The van der Waals surface area contributed by atoms with Crippen molar-refractivity contribution in [3.63, 3.8) is 0 Å². The Morgan fingerprint density at radius 3 is 1.48 bits per heavy atom. The summed E-state index contributed by atoms with van der Waals surface area (Å²) in [6.07, 6.45) is 4.16. The Morgan fingerprint density at radius 1 is 0.667 bits per heavy atom. The van der Waals surface area contributed by atoms with Crippen molar-refractivity contribution in [2.75, 3.05) is 13.1 Å². The van der Waals surface area contributed by atoms with Crippen LogP contribution in [-0.2, 0) is 0 Å². The quantitative estimate of drug-likeness (QED) is 0.153. The van der Waals surface area contributed by atoms with Gasteiger partial charge in [-0.15, -0.1) is 0 Å². The Kier molecular flexibility index (Phi) is 6.25. The van der Waals surface area contributed by atoms with Crippen molar-refractivity contribution >= 4 is 33.4 Å². The van der Waals surface area contributed by atoms with Gasteiger partial charge in [-0.1, -0.05) is 0 Å². The average Bonchev–Trinajstić information content (AvgIpc) is 3.85. The number of carbonyl (C=O) groups is 2. The lowest BCUT2D eigenvalue weighted by Crippen LogP contribution is -2.35. The second kappa shape index (κ2) is 9.61. The third-order valence-electron chi connectivity index (χ3n) is 8.48. The van der Waals surface area contributed by atoms with Crippen LogP contribution in [0.5, 0.6) is 34.5 Å². The first-order chi connectivity index (χ1) is 19.9. The minimum Gasteiger partial charge on any atom is -0.507 e. The number of fused-ring (bicyclic) bond motifs is 2. The first-order valence-corrected chi connectivity index (χ1v) is 13.9. The van der Waals surface area contributed by atoms with E-state index in [1.165, 1.54) is 12.1 Å². The number of nitrogens with zero attached hydrogens (tertiary/aromatic N) is 1. The van der Waals surface area contributed by atoms with Crippen molar-refractivity contribution in [3.05, 3.63) is 46.5 Å². The Bertz CT molecular complexity index is 1830. The van der Waals surface area contributed by atoms with Crippen LogP contribution in [0.1, 0.15) is 57.5 Å². The van der Waals surface area contributed by atoms with E-state index in [4.69, 9.17) is 5.73 Å². The number of carbonyl (C=O) groups excluding carboxylic acids is 2. The molecule has 0 radical (unpaired) electrons. The van der Waals surface area contributed by atoms with Crippen LogP contribution in [0.4, 0.5) is 0 Å². The molecule has 0 atom stereocenters. The number of aromatic hydroxyl groups is 6. The second-order valence-electron chi connectivity index (χ2n) is 11.7. The molecular formula is C32H32N2O8. The SMILES string of the molecule is Cc1cc2c(C(N)=O)c(O)c(O)cc2c(O)c1-c1c(C)cc2c(C(=O)N(CC3CC3)CC3CC3)c(O)c(O)cc2c1O. The predicted octanol–water partition coefficient (Wildman–Crippen LogP) is 4.87. The molecule has 10 nitrogen and oxygen atoms in total. The fraction of sp³-hybridized carbons (Fsp3) is 0.312. The van der Waals surface area contributed by atoms with Gasteiger partial charge in [0.15, 0.2) is 23.0 Å². The Morgan fingerprint density at radius 2 is 1.07 bits per heavy atom. The van der Waals surface area contributed by atoms with Crippen molar-refractivity contribution in [2.24, 2.45) is 17.6 Å². The van der Waals surface area contributed by atoms with Crippen LogP contribution < -0.4 is 5.73 Å². The maximum Gasteiger partial charge on any atom is 0.258 e. The fourth-order valence-corrected chi connectivity index (χ4v) is 5.98. The van der Waals surface area contributed by atoms with Gasteiger partial charge < -0.3 is 41.3 Å². The van der Waals surface area contributed by atoms with Crippen LogP contribution in [0.25, 0.3) is 32.7 Å². The number of aryl methyl sites for hydroxylation is 2. The summed E-state index contributed by atoms with van der Waals surface area (Å²) in [6, 6.07) is 5.39. The van der Waals surface area contributed by atoms with Gasteiger partial charge in [0.2, 0.25) is 0 Å². The molecule has 8 N–H and O–H groups in total. The summed E-state index contributed by atoms with van der Waals surface area (Å²) in [7, 11) is 0. The number of amides is 2. The normalized spacial score (nSPS) is 14.9. The van der Waals surface area contributed by atoms with Crippen LogP contribution in [0.2, 0.25) is 0 Å². The lowest BCUT2D eigenvalue weighted by molar-refractivity contribution is 0.0737. The lowest BCUT2D eigenvalue weighted by atomic mass is 9.87. The van der Waals surface area contributed by atoms with Crippen molar-refractivity contribution in [1.29, 1.82) is 0 Å². The average molecular weight is 573 g/mol. The van der Waals surface area contributed by atoms with E-state index in [2.05, 4.69) is 0 Å². The van der Waals surface area contributed by atoms with Crippen LogP contribution in [-0.4, -0.2) is 60.4 Å². The molecule has 0 spiro atoms. The molecule has 0 saturated heterocycles. The van der Waals surface area contributed by atoms with Gasteiger partial charge in [0.1, 0.15) is 11.5 Å². The maximum absolute atomic E-state index is 13.9. The van der Waals surface area contributed by atoms with Crippen molar-refractivity contribution in [2.45, 2.75) is 39.5 Å². The van der Waals surface area contributed by atoms with E-state index in [0.29, 0.717) is 36.1 Å². The minimum absolute atomic E-state index is 0.0128. The predicted molar refractivity (Wildman–Crippen MR) is 156 cm³/mol. The van der Waals surface area contributed by atoms with Crippen LogP contribution in [0, 0.1) is 25.7 Å². The Hall–Kier alpha value is -4.86. The van der Waals surface area contributed by atoms with Gasteiger partial charge in [0.25, 0.3) is 11.8 Å². The number of hydrogen-bond donors (Lipinski definition) is 7. The molecule has 4 aromatic carbocycles. The molecule has 2 saturated carbocycles. The van der Waals surface area contributed by atoms with E-state index in [9.17, 15) is 40.2 Å². The molecule has 0 unspecified atom stereocenters. The van der Waals surface area contributed by atoms with Gasteiger partial charge in [0.05, 0.1) is 11.1 Å². The molecule has 0 aromatic heterocycles. The fourth-order valence-electron chi connectivity index (χ4n) is 5.98. The lowest BCUT2D eigenvalue weighted by Gasteiger charge is -2.25. The highest BCUT2D eigenvalue weighted by Crippen LogP contribution is 2.51. The van der Waals surface area contributed by atoms with E-state index in [1.54, 1.807) is 24.8 Å². The van der Waals surface area contributed by atoms with Gasteiger partial charge in [-0.05, 0) is 86.8 Å². The molecule has 2 fully saturated rings. The van der Waals surface area contributed by atoms with E-state index < -0.39 is 34.8 Å². The molecule has 6 rings (SSSR count). The third-order valence-corrected chi connectivity index (χ3v) is 8.48. The molecule has 42 heavy (non-hydrogen) atoms. The van der Waals surface area contributed by atoms with Gasteiger partial charge in [-0.25, -0.2) is 0 Å². The topological polar surface area (TPSA) is 185 Å². The maximum atomic E-state index is 13.9. The van der Waals surface area contributed by atoms with E-state index in [1.807, 2.05) is 0 Å². The van der Waals surface area contributed by atoms with E-state index in [0.717, 1.165) is 31.7 Å². The number of hydrogen-bond acceptors (Lipinski definition) is 8. The highest BCUT2D eigenvalue weighted by molar-refractivity contribution is 6.15. The molecule has 0 bridgehead atoms. The number of phenolic OH excluding ortho intramolecular Hbond substituents is 5. The van der Waals surface area contributed by atoms with Crippen molar-refractivity contribution < 1.29 is 40.2 Å². The largest absolute Gasteiger partial charge is 0.507 e. The summed E-state index contributed by atoms with van der Waals surface area (Å²) in [5, 5.41) is 65.6. The number of benzene rings is 4. The summed E-state index contributed by atoms with van der Waals surface area (Å²) in [5.41, 5.74) is 6.20. The first kappa shape index (κ1) is 27.3. The van der Waals surface area contributed by atoms with E-state index >= 15 is 0 Å². The summed E-state index contributed by atoms with van der Waals surface area (Å²) >= 11 is 0. The van der Waals surface area contributed by atoms with Gasteiger partial charge in [0, 0.05) is 45.8 Å². The molecule has 2 aliphatic carbocycles. The van der Waals surface area contributed by atoms with Gasteiger partial charge in [-0.3, -0.25) is 9.59 Å². The molecule has 2 aliphatic rings. The standard InChI is InChI=1S/C32H32N2O8/c1-13-7-17-19(9-21(35)29(39)25(17)31(33)41)27(37)23(13)24-14(2)8-18-20(28(24)38)10-22(36)30(40)26(18)32(42)34(11-15-3-4-15)12-16-5-6-16/h7-10,15-16,35-40H,3-6,11-12H2,1-2H3,(H2,33,41). The van der Waals surface area contributed by atoms with E-state index in [-0.39, 0.29) is 55.3 Å². The number of rotatable bonds is 7. The smallest absolute Gasteiger partial charge is 0.258 e. The zero-order valence-electron chi connectivity index (χ0n) is 23.2. The zero-order chi connectivity index (χ0) is 30.2.